The topological polar surface area (TPSA) is 29.1 Å². The summed E-state index contributed by atoms with van der Waals surface area (Å²) in [4.78, 5) is 12.0. The monoisotopic (exact) mass is 251 g/mol. The van der Waals surface area contributed by atoms with E-state index in [1.54, 1.807) is 0 Å². The third kappa shape index (κ3) is 3.14. The molecule has 0 fully saturated rings. The molecule has 0 saturated heterocycles. The molecule has 0 aliphatic rings. The molecule has 19 heavy (non-hydrogen) atoms. The fraction of sp³-hybridized carbons (Fsp3) is 0.235. The third-order valence-electron chi connectivity index (χ3n) is 3.04. The van der Waals surface area contributed by atoms with Crippen LogP contribution < -0.4 is 5.32 Å². The maximum Gasteiger partial charge on any atom is 0.225 e. The van der Waals surface area contributed by atoms with Crippen molar-refractivity contribution in [1.29, 1.82) is 0 Å². The molecule has 2 nitrogen and oxygen atoms in total. The summed E-state index contributed by atoms with van der Waals surface area (Å²) in [6.07, 6.45) is 5.71. The van der Waals surface area contributed by atoms with Gasteiger partial charge in [0, 0.05) is 0 Å². The number of hydrogen-bond donors (Lipinski definition) is 1. The van der Waals surface area contributed by atoms with Crippen molar-refractivity contribution in [2.75, 3.05) is 0 Å². The van der Waals surface area contributed by atoms with Crippen molar-refractivity contribution in [3.63, 3.8) is 0 Å². The summed E-state index contributed by atoms with van der Waals surface area (Å²) in [7, 11) is 0. The van der Waals surface area contributed by atoms with E-state index in [0.29, 0.717) is 6.42 Å². The van der Waals surface area contributed by atoms with Crippen LogP contribution in [-0.4, -0.2) is 11.4 Å². The largest absolute Gasteiger partial charge is 0.340 e. The maximum absolute atomic E-state index is 12.0. The van der Waals surface area contributed by atoms with E-state index in [9.17, 15) is 4.79 Å². The van der Waals surface area contributed by atoms with Crippen LogP contribution in [0.5, 0.6) is 0 Å². The molecule has 0 radical (unpaired) electrons. The van der Waals surface area contributed by atoms with Crippen molar-refractivity contribution in [2.24, 2.45) is 0 Å². The van der Waals surface area contributed by atoms with Gasteiger partial charge in [-0.1, -0.05) is 48.4 Å². The molecule has 0 unspecified atom stereocenters. The number of carbonyl (C=O) groups excluding carboxylic acids is 1. The molecular weight excluding hydrogens is 234 g/mol. The molecule has 0 spiro atoms. The zero-order valence-corrected chi connectivity index (χ0v) is 11.2. The van der Waals surface area contributed by atoms with Crippen LogP contribution in [0.3, 0.4) is 0 Å². The zero-order chi connectivity index (χ0) is 13.9. The molecule has 0 bridgehead atoms. The number of nitrogens with one attached hydrogen (secondary N) is 1. The number of benzene rings is 2. The SMILES string of the molecule is C#CC(C)(C)NC(=O)Cc1cccc2ccccc12. The zero-order valence-electron chi connectivity index (χ0n) is 11.2. The number of carbonyl (C=O) groups is 1. The number of amides is 1. The van der Waals surface area contributed by atoms with E-state index in [0.717, 1.165) is 16.3 Å². The average molecular weight is 251 g/mol. The third-order valence-corrected chi connectivity index (χ3v) is 3.04. The number of hydrogen-bond acceptors (Lipinski definition) is 1. The van der Waals surface area contributed by atoms with Gasteiger partial charge in [-0.2, -0.15) is 0 Å². The second kappa shape index (κ2) is 5.16. The fourth-order valence-electron chi connectivity index (χ4n) is 2.05. The second-order valence-corrected chi connectivity index (χ2v) is 5.13. The molecule has 0 saturated carbocycles. The highest BCUT2D eigenvalue weighted by Crippen LogP contribution is 2.19. The van der Waals surface area contributed by atoms with Gasteiger partial charge in [-0.05, 0) is 30.2 Å². The van der Waals surface area contributed by atoms with E-state index in [-0.39, 0.29) is 5.91 Å². The molecule has 0 aliphatic carbocycles. The smallest absolute Gasteiger partial charge is 0.225 e. The van der Waals surface area contributed by atoms with E-state index in [1.165, 1.54) is 0 Å². The first kappa shape index (κ1) is 13.2. The Morgan fingerprint density at radius 2 is 1.89 bits per heavy atom. The number of terminal acetylenes is 1. The van der Waals surface area contributed by atoms with Gasteiger partial charge in [-0.15, -0.1) is 6.42 Å². The minimum atomic E-state index is -0.609. The minimum absolute atomic E-state index is 0.0562. The van der Waals surface area contributed by atoms with Crippen LogP contribution in [-0.2, 0) is 11.2 Å². The number of fused-ring (bicyclic) bond motifs is 1. The summed E-state index contributed by atoms with van der Waals surface area (Å²) in [6, 6.07) is 14.0. The first-order chi connectivity index (χ1) is 9.02. The van der Waals surface area contributed by atoms with Gasteiger partial charge in [0.05, 0.1) is 12.0 Å². The molecule has 0 aliphatic heterocycles. The van der Waals surface area contributed by atoms with Crippen molar-refractivity contribution in [3.05, 3.63) is 48.0 Å². The lowest BCUT2D eigenvalue weighted by atomic mass is 10.0. The standard InChI is InChI=1S/C17H17NO/c1-4-17(2,3)18-16(19)12-14-10-7-9-13-8-5-6-11-15(13)14/h1,5-11H,12H2,2-3H3,(H,18,19). The van der Waals surface area contributed by atoms with Crippen molar-refractivity contribution in [2.45, 2.75) is 25.8 Å². The molecule has 1 N–H and O–H groups in total. The molecule has 2 heteroatoms. The normalized spacial score (nSPS) is 11.0. The van der Waals surface area contributed by atoms with Crippen molar-refractivity contribution in [1.82, 2.24) is 5.32 Å². The van der Waals surface area contributed by atoms with Gasteiger partial charge >= 0.3 is 0 Å². The Labute approximate surface area is 113 Å². The molecular formula is C17H17NO. The Hall–Kier alpha value is -2.27. The van der Waals surface area contributed by atoms with Crippen LogP contribution in [0.4, 0.5) is 0 Å². The highest BCUT2D eigenvalue weighted by molar-refractivity contribution is 5.90. The van der Waals surface area contributed by atoms with Crippen LogP contribution in [0.2, 0.25) is 0 Å². The maximum atomic E-state index is 12.0. The van der Waals surface area contributed by atoms with E-state index in [1.807, 2.05) is 56.3 Å². The Balaban J connectivity index is 2.23. The Bertz CT molecular complexity index is 644. The summed E-state index contributed by atoms with van der Waals surface area (Å²) in [5, 5.41) is 5.10. The predicted octanol–water partition coefficient (Wildman–Crippen LogP) is 2.91. The van der Waals surface area contributed by atoms with Crippen LogP contribution in [0, 0.1) is 12.3 Å². The molecule has 2 aromatic rings. The first-order valence-corrected chi connectivity index (χ1v) is 6.27. The van der Waals surface area contributed by atoms with E-state index in [4.69, 9.17) is 6.42 Å². The van der Waals surface area contributed by atoms with Crippen LogP contribution >= 0.6 is 0 Å². The van der Waals surface area contributed by atoms with Gasteiger partial charge in [0.2, 0.25) is 5.91 Å². The van der Waals surface area contributed by atoms with Gasteiger partial charge in [-0.25, -0.2) is 0 Å². The van der Waals surface area contributed by atoms with E-state index >= 15 is 0 Å². The van der Waals surface area contributed by atoms with E-state index < -0.39 is 5.54 Å². The quantitative estimate of drug-likeness (QED) is 0.835. The summed E-state index contributed by atoms with van der Waals surface area (Å²) < 4.78 is 0. The van der Waals surface area contributed by atoms with Gasteiger partial charge in [-0.3, -0.25) is 4.79 Å². The predicted molar refractivity (Wildman–Crippen MR) is 78.7 cm³/mol. The van der Waals surface area contributed by atoms with Gasteiger partial charge < -0.3 is 5.32 Å². The van der Waals surface area contributed by atoms with Crippen molar-refractivity contribution < 1.29 is 4.79 Å². The summed E-state index contributed by atoms with van der Waals surface area (Å²) >= 11 is 0. The van der Waals surface area contributed by atoms with Crippen molar-refractivity contribution in [3.8, 4) is 12.3 Å². The molecule has 2 aromatic carbocycles. The molecule has 96 valence electrons. The molecule has 2 rings (SSSR count). The highest BCUT2D eigenvalue weighted by Gasteiger charge is 2.17. The fourth-order valence-corrected chi connectivity index (χ4v) is 2.05. The lowest BCUT2D eigenvalue weighted by molar-refractivity contribution is -0.121. The lowest BCUT2D eigenvalue weighted by Crippen LogP contribution is -2.42. The molecule has 0 aromatic heterocycles. The van der Waals surface area contributed by atoms with Gasteiger partial charge in [0.1, 0.15) is 0 Å². The summed E-state index contributed by atoms with van der Waals surface area (Å²) in [5.74, 6) is 2.51. The Morgan fingerprint density at radius 3 is 2.63 bits per heavy atom. The summed E-state index contributed by atoms with van der Waals surface area (Å²) in [5.41, 5.74) is 0.408. The van der Waals surface area contributed by atoms with Gasteiger partial charge in [0.15, 0.2) is 0 Å². The number of rotatable bonds is 3. The second-order valence-electron chi connectivity index (χ2n) is 5.13. The molecule has 0 heterocycles. The van der Waals surface area contributed by atoms with Crippen LogP contribution in [0.15, 0.2) is 42.5 Å². The Kier molecular flexibility index (Phi) is 3.57. The molecule has 1 amide bonds. The first-order valence-electron chi connectivity index (χ1n) is 6.27. The Morgan fingerprint density at radius 1 is 1.21 bits per heavy atom. The minimum Gasteiger partial charge on any atom is -0.340 e. The van der Waals surface area contributed by atoms with Crippen molar-refractivity contribution >= 4 is 16.7 Å². The summed E-state index contributed by atoms with van der Waals surface area (Å²) in [6.45, 7) is 3.63. The average Bonchev–Trinajstić information content (AvgIpc) is 2.38. The van der Waals surface area contributed by atoms with Gasteiger partial charge in [0.25, 0.3) is 0 Å². The lowest BCUT2D eigenvalue weighted by Gasteiger charge is -2.19. The molecule has 0 atom stereocenters. The van der Waals surface area contributed by atoms with Crippen LogP contribution in [0.1, 0.15) is 19.4 Å². The van der Waals surface area contributed by atoms with E-state index in [2.05, 4.69) is 11.2 Å². The highest BCUT2D eigenvalue weighted by atomic mass is 16.1. The van der Waals surface area contributed by atoms with Crippen LogP contribution in [0.25, 0.3) is 10.8 Å².